The van der Waals surface area contributed by atoms with Crippen LogP contribution in [0.2, 0.25) is 0 Å². The van der Waals surface area contributed by atoms with Gasteiger partial charge in [-0.25, -0.2) is 13.4 Å². The highest BCUT2D eigenvalue weighted by atomic mass is 32.2. The zero-order valence-corrected chi connectivity index (χ0v) is 14.7. The molecule has 1 aromatic heterocycles. The number of sulfone groups is 1. The summed E-state index contributed by atoms with van der Waals surface area (Å²) in [7, 11) is -1.27. The Bertz CT molecular complexity index is 559. The first-order chi connectivity index (χ1) is 9.88. The molecular formula is C13H24N4O2S2. The van der Waals surface area contributed by atoms with Crippen LogP contribution in [0.4, 0.5) is 0 Å². The van der Waals surface area contributed by atoms with Crippen LogP contribution in [-0.2, 0) is 16.3 Å². The average molecular weight is 332 g/mol. The molecule has 0 aromatic carbocycles. The number of guanidine groups is 1. The number of aromatic nitrogens is 1. The third-order valence-electron chi connectivity index (χ3n) is 3.07. The predicted molar refractivity (Wildman–Crippen MR) is 89.0 cm³/mol. The fraction of sp³-hybridized carbons (Fsp3) is 0.692. The van der Waals surface area contributed by atoms with E-state index in [1.54, 1.807) is 25.3 Å². The van der Waals surface area contributed by atoms with Crippen molar-refractivity contribution in [3.8, 4) is 0 Å². The molecule has 0 radical (unpaired) electrons. The molecule has 1 rings (SSSR count). The van der Waals surface area contributed by atoms with Crippen molar-refractivity contribution in [3.05, 3.63) is 15.6 Å². The lowest BCUT2D eigenvalue weighted by Gasteiger charge is -2.11. The summed E-state index contributed by atoms with van der Waals surface area (Å²) >= 11 is 1.71. The molecule has 0 unspecified atom stereocenters. The molecule has 1 heterocycles. The monoisotopic (exact) mass is 332 g/mol. The number of aliphatic imine (C=N–C) groups is 1. The van der Waals surface area contributed by atoms with Gasteiger partial charge in [0.05, 0.1) is 16.5 Å². The van der Waals surface area contributed by atoms with Gasteiger partial charge in [-0.05, 0) is 13.8 Å². The minimum atomic E-state index is -2.94. The number of thiazole rings is 1. The Morgan fingerprint density at radius 3 is 2.48 bits per heavy atom. The Kier molecular flexibility index (Phi) is 7.10. The fourth-order valence-electron chi connectivity index (χ4n) is 1.62. The third kappa shape index (κ3) is 6.43. The van der Waals surface area contributed by atoms with Crippen LogP contribution in [0.25, 0.3) is 0 Å². The zero-order chi connectivity index (χ0) is 15.9. The summed E-state index contributed by atoms with van der Waals surface area (Å²) in [5, 5.41) is 7.27. The number of hydrogen-bond donors (Lipinski definition) is 2. The molecule has 0 amide bonds. The summed E-state index contributed by atoms with van der Waals surface area (Å²) in [6.07, 6.45) is 0.827. The molecule has 0 spiro atoms. The first kappa shape index (κ1) is 17.9. The molecular weight excluding hydrogens is 308 g/mol. The van der Waals surface area contributed by atoms with Crippen LogP contribution in [-0.4, -0.2) is 51.0 Å². The summed E-state index contributed by atoms with van der Waals surface area (Å²) in [5.74, 6) is 0.907. The van der Waals surface area contributed by atoms with E-state index in [0.717, 1.165) is 17.1 Å². The molecule has 0 saturated carbocycles. The van der Waals surface area contributed by atoms with Crippen LogP contribution in [0.5, 0.6) is 0 Å². The first-order valence-corrected chi connectivity index (χ1v) is 9.59. The van der Waals surface area contributed by atoms with Crippen molar-refractivity contribution in [1.82, 2.24) is 15.6 Å². The van der Waals surface area contributed by atoms with E-state index < -0.39 is 9.84 Å². The molecule has 0 fully saturated rings. The largest absolute Gasteiger partial charge is 0.356 e. The second-order valence-electron chi connectivity index (χ2n) is 4.66. The van der Waals surface area contributed by atoms with E-state index in [0.29, 0.717) is 19.0 Å². The van der Waals surface area contributed by atoms with Gasteiger partial charge in [0, 0.05) is 37.2 Å². The molecule has 6 nitrogen and oxygen atoms in total. The number of hydrogen-bond acceptors (Lipinski definition) is 5. The number of nitrogens with zero attached hydrogens (tertiary/aromatic N) is 2. The van der Waals surface area contributed by atoms with Crippen LogP contribution in [0.15, 0.2) is 4.99 Å². The lowest BCUT2D eigenvalue weighted by Crippen LogP contribution is -2.40. The van der Waals surface area contributed by atoms with Crippen molar-refractivity contribution in [2.24, 2.45) is 4.99 Å². The van der Waals surface area contributed by atoms with Gasteiger partial charge in [-0.2, -0.15) is 0 Å². The molecule has 0 saturated heterocycles. The van der Waals surface area contributed by atoms with Crippen LogP contribution in [0.3, 0.4) is 0 Å². The minimum absolute atomic E-state index is 0.120. The molecule has 0 atom stereocenters. The second kappa shape index (κ2) is 8.33. The Balaban J connectivity index is 2.32. The van der Waals surface area contributed by atoms with Gasteiger partial charge in [0.25, 0.3) is 0 Å². The van der Waals surface area contributed by atoms with E-state index in [9.17, 15) is 8.42 Å². The van der Waals surface area contributed by atoms with Crippen LogP contribution in [0.1, 0.15) is 22.5 Å². The third-order valence-corrected chi connectivity index (χ3v) is 5.91. The standard InChI is InChI=1S/C13H24N4O2S2/c1-5-21(18,19)9-8-16-13(14-4)15-7-6-12-17-10(2)11(3)20-12/h5-9H2,1-4H3,(H2,14,15,16). The topological polar surface area (TPSA) is 83.5 Å². The molecule has 0 aliphatic carbocycles. The van der Waals surface area contributed by atoms with E-state index in [-0.39, 0.29) is 11.5 Å². The Morgan fingerprint density at radius 2 is 1.95 bits per heavy atom. The molecule has 21 heavy (non-hydrogen) atoms. The SMILES string of the molecule is CCS(=O)(=O)CCNC(=NC)NCCc1nc(C)c(C)s1. The number of nitrogens with one attached hydrogen (secondary N) is 2. The van der Waals surface area contributed by atoms with E-state index in [1.807, 2.05) is 6.92 Å². The van der Waals surface area contributed by atoms with Gasteiger partial charge in [0.15, 0.2) is 15.8 Å². The maximum atomic E-state index is 11.4. The van der Waals surface area contributed by atoms with Crippen LogP contribution >= 0.6 is 11.3 Å². The molecule has 2 N–H and O–H groups in total. The summed E-state index contributed by atoms with van der Waals surface area (Å²) in [6, 6.07) is 0. The van der Waals surface area contributed by atoms with Gasteiger partial charge in [-0.1, -0.05) is 6.92 Å². The summed E-state index contributed by atoms with van der Waals surface area (Å²) in [6.45, 7) is 6.81. The highest BCUT2D eigenvalue weighted by Crippen LogP contribution is 2.16. The predicted octanol–water partition coefficient (Wildman–Crippen LogP) is 0.902. The van der Waals surface area contributed by atoms with E-state index >= 15 is 0 Å². The maximum Gasteiger partial charge on any atom is 0.191 e. The Labute approximate surface area is 131 Å². The quantitative estimate of drug-likeness (QED) is 0.573. The van der Waals surface area contributed by atoms with Gasteiger partial charge < -0.3 is 10.6 Å². The van der Waals surface area contributed by atoms with Crippen molar-refractivity contribution < 1.29 is 8.42 Å². The second-order valence-corrected chi connectivity index (χ2v) is 8.42. The van der Waals surface area contributed by atoms with Crippen molar-refractivity contribution in [2.75, 3.05) is 31.6 Å². The van der Waals surface area contributed by atoms with E-state index in [1.165, 1.54) is 4.88 Å². The molecule has 0 bridgehead atoms. The lowest BCUT2D eigenvalue weighted by molar-refractivity contribution is 0.595. The van der Waals surface area contributed by atoms with Crippen molar-refractivity contribution in [1.29, 1.82) is 0 Å². The smallest absolute Gasteiger partial charge is 0.191 e. The number of aryl methyl sites for hydroxylation is 2. The van der Waals surface area contributed by atoms with Crippen LogP contribution in [0, 0.1) is 13.8 Å². The van der Waals surface area contributed by atoms with Crippen LogP contribution < -0.4 is 10.6 Å². The average Bonchev–Trinajstić information content (AvgIpc) is 2.76. The van der Waals surface area contributed by atoms with Gasteiger partial charge >= 0.3 is 0 Å². The molecule has 0 aliphatic heterocycles. The van der Waals surface area contributed by atoms with Gasteiger partial charge in [-0.3, -0.25) is 4.99 Å². The van der Waals surface area contributed by atoms with Gasteiger partial charge in [0.2, 0.25) is 0 Å². The Hall–Kier alpha value is -1.15. The summed E-state index contributed by atoms with van der Waals surface area (Å²) < 4.78 is 22.8. The molecule has 0 aliphatic rings. The molecule has 8 heteroatoms. The Morgan fingerprint density at radius 1 is 1.29 bits per heavy atom. The summed E-state index contributed by atoms with van der Waals surface area (Å²) in [4.78, 5) is 9.79. The normalized spacial score (nSPS) is 12.5. The maximum absolute atomic E-state index is 11.4. The van der Waals surface area contributed by atoms with E-state index in [2.05, 4.69) is 27.5 Å². The fourth-order valence-corrected chi connectivity index (χ4v) is 3.26. The van der Waals surface area contributed by atoms with Gasteiger partial charge in [-0.15, -0.1) is 11.3 Å². The highest BCUT2D eigenvalue weighted by molar-refractivity contribution is 7.91. The lowest BCUT2D eigenvalue weighted by atomic mass is 10.4. The zero-order valence-electron chi connectivity index (χ0n) is 13.1. The first-order valence-electron chi connectivity index (χ1n) is 6.95. The summed E-state index contributed by atoms with van der Waals surface area (Å²) in [5.41, 5.74) is 1.09. The van der Waals surface area contributed by atoms with E-state index in [4.69, 9.17) is 0 Å². The van der Waals surface area contributed by atoms with Gasteiger partial charge in [0.1, 0.15) is 0 Å². The molecule has 120 valence electrons. The minimum Gasteiger partial charge on any atom is -0.356 e. The molecule has 1 aromatic rings. The van der Waals surface area contributed by atoms with Crippen molar-refractivity contribution in [2.45, 2.75) is 27.2 Å². The van der Waals surface area contributed by atoms with Crippen molar-refractivity contribution in [3.63, 3.8) is 0 Å². The van der Waals surface area contributed by atoms with Crippen molar-refractivity contribution >= 4 is 27.1 Å². The highest BCUT2D eigenvalue weighted by Gasteiger charge is 2.08. The number of rotatable bonds is 7.